The average Bonchev–Trinajstić information content (AvgIpc) is 2.99. The summed E-state index contributed by atoms with van der Waals surface area (Å²) in [6, 6.07) is 3.18. The third-order valence-electron chi connectivity index (χ3n) is 3.74. The molecule has 0 saturated heterocycles. The van der Waals surface area contributed by atoms with Gasteiger partial charge in [-0.1, -0.05) is 6.92 Å². The molecule has 20 heavy (non-hydrogen) atoms. The summed E-state index contributed by atoms with van der Waals surface area (Å²) in [6.45, 7) is 5.79. The van der Waals surface area contributed by atoms with Crippen LogP contribution in [0, 0.1) is 0 Å². The van der Waals surface area contributed by atoms with Crippen LogP contribution >= 0.6 is 0 Å². The fraction of sp³-hybridized carbons (Fsp3) is 0.643. The number of aromatic nitrogens is 5. The van der Waals surface area contributed by atoms with E-state index < -0.39 is 0 Å². The first kappa shape index (κ1) is 13.3. The minimum Gasteiger partial charge on any atom is -0.307 e. The maximum Gasteiger partial charge on any atom is 0.164 e. The van der Waals surface area contributed by atoms with Gasteiger partial charge in [-0.15, -0.1) is 0 Å². The summed E-state index contributed by atoms with van der Waals surface area (Å²) < 4.78 is 3.87. The van der Waals surface area contributed by atoms with Crippen molar-refractivity contribution in [1.29, 1.82) is 0 Å². The summed E-state index contributed by atoms with van der Waals surface area (Å²) in [5.74, 6) is 0.859. The summed E-state index contributed by atoms with van der Waals surface area (Å²) in [7, 11) is 0. The van der Waals surface area contributed by atoms with Gasteiger partial charge in [0.25, 0.3) is 0 Å². The van der Waals surface area contributed by atoms with Gasteiger partial charge in [0.2, 0.25) is 0 Å². The number of nitrogens with one attached hydrogen (secondary N) is 1. The zero-order valence-corrected chi connectivity index (χ0v) is 12.2. The van der Waals surface area contributed by atoms with Crippen LogP contribution in [0.25, 0.3) is 0 Å². The molecule has 1 unspecified atom stereocenters. The highest BCUT2D eigenvalue weighted by Gasteiger charge is 2.20. The van der Waals surface area contributed by atoms with Gasteiger partial charge in [0, 0.05) is 18.3 Å². The lowest BCUT2D eigenvalue weighted by atomic mass is 10.3. The summed E-state index contributed by atoms with van der Waals surface area (Å²) in [4.78, 5) is 4.32. The Bertz CT molecular complexity index is 554. The largest absolute Gasteiger partial charge is 0.307 e. The summed E-state index contributed by atoms with van der Waals surface area (Å²) in [6.07, 6.45) is 7.48. The van der Waals surface area contributed by atoms with E-state index in [1.165, 1.54) is 12.8 Å². The minimum atomic E-state index is 0.442. The third-order valence-corrected chi connectivity index (χ3v) is 3.74. The number of hydrogen-bond acceptors (Lipinski definition) is 4. The third kappa shape index (κ3) is 3.25. The highest BCUT2D eigenvalue weighted by atomic mass is 15.4. The molecule has 0 aromatic carbocycles. The average molecular weight is 274 g/mol. The van der Waals surface area contributed by atoms with E-state index in [-0.39, 0.29) is 0 Å². The maximum atomic E-state index is 4.58. The Morgan fingerprint density at radius 2 is 2.25 bits per heavy atom. The number of nitrogens with zero attached hydrogens (tertiary/aromatic N) is 5. The first-order valence-corrected chi connectivity index (χ1v) is 7.40. The van der Waals surface area contributed by atoms with Gasteiger partial charge < -0.3 is 5.32 Å². The van der Waals surface area contributed by atoms with Gasteiger partial charge in [0.1, 0.15) is 6.33 Å². The minimum absolute atomic E-state index is 0.442. The predicted molar refractivity (Wildman–Crippen MR) is 76.2 cm³/mol. The Morgan fingerprint density at radius 1 is 1.40 bits per heavy atom. The van der Waals surface area contributed by atoms with E-state index in [1.54, 1.807) is 6.33 Å². The Labute approximate surface area is 119 Å². The molecule has 1 atom stereocenters. The SMILES string of the molecule is CCC(C)n1ccc(Cn2cnc(CNC3CC3)n2)n1. The van der Waals surface area contributed by atoms with Crippen LogP contribution in [0.1, 0.15) is 50.7 Å². The first-order chi connectivity index (χ1) is 9.74. The van der Waals surface area contributed by atoms with Crippen LogP contribution in [0.4, 0.5) is 0 Å². The van der Waals surface area contributed by atoms with Crippen LogP contribution in [0.15, 0.2) is 18.6 Å². The second-order valence-corrected chi connectivity index (χ2v) is 5.56. The Hall–Kier alpha value is -1.69. The van der Waals surface area contributed by atoms with Gasteiger partial charge in [-0.3, -0.25) is 4.68 Å². The van der Waals surface area contributed by atoms with Crippen LogP contribution in [-0.4, -0.2) is 30.6 Å². The normalized spacial score (nSPS) is 16.5. The maximum absolute atomic E-state index is 4.58. The molecule has 6 heteroatoms. The molecule has 1 aliphatic carbocycles. The molecule has 1 fully saturated rings. The zero-order valence-electron chi connectivity index (χ0n) is 12.2. The van der Waals surface area contributed by atoms with Crippen LogP contribution in [0.5, 0.6) is 0 Å². The van der Waals surface area contributed by atoms with Crippen molar-refractivity contribution in [3.8, 4) is 0 Å². The molecule has 108 valence electrons. The van der Waals surface area contributed by atoms with E-state index in [0.717, 1.165) is 24.5 Å². The molecule has 1 N–H and O–H groups in total. The summed E-state index contributed by atoms with van der Waals surface area (Å²) in [5.41, 5.74) is 1.02. The van der Waals surface area contributed by atoms with Crippen molar-refractivity contribution in [3.05, 3.63) is 30.1 Å². The molecule has 2 aromatic rings. The molecule has 0 spiro atoms. The lowest BCUT2D eigenvalue weighted by Crippen LogP contribution is -2.16. The van der Waals surface area contributed by atoms with Crippen molar-refractivity contribution in [2.24, 2.45) is 0 Å². The Balaban J connectivity index is 1.57. The highest BCUT2D eigenvalue weighted by Crippen LogP contribution is 2.18. The molecule has 2 aromatic heterocycles. The smallest absolute Gasteiger partial charge is 0.164 e. The molecule has 3 rings (SSSR count). The van der Waals surface area contributed by atoms with E-state index in [9.17, 15) is 0 Å². The highest BCUT2D eigenvalue weighted by molar-refractivity contribution is 5.00. The molecule has 1 saturated carbocycles. The Morgan fingerprint density at radius 3 is 3.00 bits per heavy atom. The van der Waals surface area contributed by atoms with E-state index in [2.05, 4.69) is 40.4 Å². The van der Waals surface area contributed by atoms with Gasteiger partial charge in [-0.2, -0.15) is 10.2 Å². The first-order valence-electron chi connectivity index (χ1n) is 7.40. The van der Waals surface area contributed by atoms with Gasteiger partial charge >= 0.3 is 0 Å². The Kier molecular flexibility index (Phi) is 3.82. The molecule has 1 aliphatic rings. The van der Waals surface area contributed by atoms with Crippen molar-refractivity contribution >= 4 is 0 Å². The molecule has 0 bridgehead atoms. The topological polar surface area (TPSA) is 60.6 Å². The quantitative estimate of drug-likeness (QED) is 0.835. The van der Waals surface area contributed by atoms with Gasteiger partial charge in [-0.05, 0) is 32.3 Å². The fourth-order valence-corrected chi connectivity index (χ4v) is 2.07. The standard InChI is InChI=1S/C14H22N6/c1-3-11(2)20-7-6-13(17-20)9-19-10-16-14(18-19)8-15-12-4-5-12/h6-7,10-12,15H,3-5,8-9H2,1-2H3. The fourth-order valence-electron chi connectivity index (χ4n) is 2.07. The second-order valence-electron chi connectivity index (χ2n) is 5.56. The molecule has 0 radical (unpaired) electrons. The molecular weight excluding hydrogens is 252 g/mol. The van der Waals surface area contributed by atoms with Crippen LogP contribution in [0.2, 0.25) is 0 Å². The van der Waals surface area contributed by atoms with Gasteiger partial charge in [-0.25, -0.2) is 9.67 Å². The molecule has 0 aliphatic heterocycles. The van der Waals surface area contributed by atoms with Crippen molar-refractivity contribution in [2.45, 2.75) is 58.3 Å². The zero-order chi connectivity index (χ0) is 13.9. The van der Waals surface area contributed by atoms with E-state index in [1.807, 2.05) is 15.6 Å². The number of rotatable bonds is 7. The lowest BCUT2D eigenvalue weighted by Gasteiger charge is -2.08. The van der Waals surface area contributed by atoms with E-state index in [4.69, 9.17) is 0 Å². The van der Waals surface area contributed by atoms with E-state index >= 15 is 0 Å². The van der Waals surface area contributed by atoms with Crippen LogP contribution in [-0.2, 0) is 13.1 Å². The van der Waals surface area contributed by atoms with Crippen LogP contribution in [0.3, 0.4) is 0 Å². The molecule has 2 heterocycles. The molecular formula is C14H22N6. The molecule has 6 nitrogen and oxygen atoms in total. The van der Waals surface area contributed by atoms with Crippen molar-refractivity contribution < 1.29 is 0 Å². The van der Waals surface area contributed by atoms with Crippen molar-refractivity contribution in [3.63, 3.8) is 0 Å². The van der Waals surface area contributed by atoms with Crippen molar-refractivity contribution in [1.82, 2.24) is 29.9 Å². The number of hydrogen-bond donors (Lipinski definition) is 1. The summed E-state index contributed by atoms with van der Waals surface area (Å²) >= 11 is 0. The van der Waals surface area contributed by atoms with Crippen molar-refractivity contribution in [2.75, 3.05) is 0 Å². The second kappa shape index (κ2) is 5.75. The molecule has 0 amide bonds. The summed E-state index contributed by atoms with van der Waals surface area (Å²) in [5, 5.41) is 12.5. The van der Waals surface area contributed by atoms with Gasteiger partial charge in [0.05, 0.1) is 18.8 Å². The van der Waals surface area contributed by atoms with Crippen LogP contribution < -0.4 is 5.32 Å². The monoisotopic (exact) mass is 274 g/mol. The predicted octanol–water partition coefficient (Wildman–Crippen LogP) is 1.75. The van der Waals surface area contributed by atoms with Gasteiger partial charge in [0.15, 0.2) is 5.82 Å². The van der Waals surface area contributed by atoms with E-state index in [0.29, 0.717) is 18.6 Å². The lowest BCUT2D eigenvalue weighted by molar-refractivity contribution is 0.470.